The van der Waals surface area contributed by atoms with Crippen LogP contribution >= 0.6 is 46.6 Å². The van der Waals surface area contributed by atoms with E-state index in [0.717, 1.165) is 15.6 Å². The number of alkyl carbamates (subject to hydrolysis) is 1. The number of rotatable bonds is 7. The molecule has 1 aromatic heterocycles. The van der Waals surface area contributed by atoms with Gasteiger partial charge in [0.1, 0.15) is 10.9 Å². The van der Waals surface area contributed by atoms with Crippen molar-refractivity contribution < 1.29 is 14.3 Å². The highest BCUT2D eigenvalue weighted by Gasteiger charge is 2.49. The van der Waals surface area contributed by atoms with E-state index in [-0.39, 0.29) is 11.8 Å². The number of carbonyl (C=O) groups excluding carboxylic acids is 2. The first kappa shape index (κ1) is 25.5. The number of alkyl halides is 1. The first-order chi connectivity index (χ1) is 15.7. The number of imide groups is 1. The fourth-order valence-electron chi connectivity index (χ4n) is 3.32. The van der Waals surface area contributed by atoms with Gasteiger partial charge in [0.25, 0.3) is 5.85 Å². The zero-order chi connectivity index (χ0) is 24.2. The number of halogens is 3. The normalized spacial score (nSPS) is 17.8. The Kier molecular flexibility index (Phi) is 8.39. The minimum Gasteiger partial charge on any atom is -0.403 e. The fraction of sp³-hybridized carbons (Fsp3) is 0.318. The van der Waals surface area contributed by atoms with E-state index in [4.69, 9.17) is 39.5 Å². The van der Waals surface area contributed by atoms with Crippen LogP contribution in [0.25, 0.3) is 0 Å². The summed E-state index contributed by atoms with van der Waals surface area (Å²) in [6.45, 7) is 5.92. The standard InChI is InChI=1S/C22H23Cl3N4O3S/c1-4-22(32-21(31)27-18(30)11-23)28-19(13(2)3)20(29(22)16-6-5-7-26-12-16)33-17-9-14(24)8-15(25)10-17/h5-10,12-13,28H,4,11H2,1-3H3,(H,27,30,31). The Bertz CT molecular complexity index is 1050. The molecule has 0 spiro atoms. The van der Waals surface area contributed by atoms with Crippen LogP contribution in [0.4, 0.5) is 10.5 Å². The second-order valence-corrected chi connectivity index (χ2v) is 9.66. The molecule has 11 heteroatoms. The second kappa shape index (κ2) is 10.9. The first-order valence-electron chi connectivity index (χ1n) is 10.1. The molecule has 1 unspecified atom stereocenters. The van der Waals surface area contributed by atoms with Crippen LogP contribution in [0.5, 0.6) is 0 Å². The van der Waals surface area contributed by atoms with Crippen molar-refractivity contribution in [1.82, 2.24) is 15.6 Å². The molecule has 3 rings (SSSR count). The Labute approximate surface area is 211 Å². The summed E-state index contributed by atoms with van der Waals surface area (Å²) >= 11 is 19.4. The number of ether oxygens (including phenoxy) is 1. The summed E-state index contributed by atoms with van der Waals surface area (Å²) in [5, 5.41) is 7.32. The molecule has 0 fully saturated rings. The number of amides is 2. The molecule has 1 aliphatic heterocycles. The number of benzene rings is 1. The van der Waals surface area contributed by atoms with Crippen LogP contribution in [0, 0.1) is 5.92 Å². The van der Waals surface area contributed by atoms with Crippen LogP contribution in [-0.4, -0.2) is 28.7 Å². The van der Waals surface area contributed by atoms with Gasteiger partial charge in [0.2, 0.25) is 5.91 Å². The Hall–Kier alpha value is -2.13. The Balaban J connectivity index is 2.10. The van der Waals surface area contributed by atoms with Gasteiger partial charge >= 0.3 is 6.09 Å². The lowest BCUT2D eigenvalue weighted by Crippen LogP contribution is -2.57. The van der Waals surface area contributed by atoms with Crippen molar-refractivity contribution in [2.24, 2.45) is 5.92 Å². The van der Waals surface area contributed by atoms with Gasteiger partial charge in [-0.25, -0.2) is 4.79 Å². The molecule has 2 amide bonds. The molecule has 2 aromatic rings. The lowest BCUT2D eigenvalue weighted by molar-refractivity contribution is -0.118. The number of aromatic nitrogens is 1. The van der Waals surface area contributed by atoms with Crippen LogP contribution in [0.15, 0.2) is 58.3 Å². The number of hydrogen-bond acceptors (Lipinski definition) is 7. The summed E-state index contributed by atoms with van der Waals surface area (Å²) in [6.07, 6.45) is 2.76. The molecule has 1 aromatic carbocycles. The number of hydrogen-bond donors (Lipinski definition) is 2. The van der Waals surface area contributed by atoms with Gasteiger partial charge in [0.05, 0.1) is 11.9 Å². The van der Waals surface area contributed by atoms with Gasteiger partial charge in [-0.15, -0.1) is 11.6 Å². The smallest absolute Gasteiger partial charge is 0.403 e. The summed E-state index contributed by atoms with van der Waals surface area (Å²) in [4.78, 5) is 31.1. The monoisotopic (exact) mass is 528 g/mol. The minimum absolute atomic E-state index is 0.0471. The average molecular weight is 530 g/mol. The minimum atomic E-state index is -1.32. The summed E-state index contributed by atoms with van der Waals surface area (Å²) in [7, 11) is 0. The molecule has 0 saturated heterocycles. The van der Waals surface area contributed by atoms with Gasteiger partial charge in [0.15, 0.2) is 0 Å². The zero-order valence-electron chi connectivity index (χ0n) is 18.2. The number of nitrogens with one attached hydrogen (secondary N) is 2. The van der Waals surface area contributed by atoms with Gasteiger partial charge < -0.3 is 10.1 Å². The topological polar surface area (TPSA) is 83.6 Å². The van der Waals surface area contributed by atoms with Crippen LogP contribution in [0.3, 0.4) is 0 Å². The first-order valence-corrected chi connectivity index (χ1v) is 12.2. The second-order valence-electron chi connectivity index (χ2n) is 7.46. The van der Waals surface area contributed by atoms with Gasteiger partial charge in [-0.2, -0.15) is 0 Å². The molecule has 2 N–H and O–H groups in total. The van der Waals surface area contributed by atoms with Crippen LogP contribution in [0.2, 0.25) is 10.0 Å². The van der Waals surface area contributed by atoms with E-state index in [1.54, 1.807) is 24.5 Å². The summed E-state index contributed by atoms with van der Waals surface area (Å²) in [5.41, 5.74) is 1.54. The van der Waals surface area contributed by atoms with Crippen molar-refractivity contribution in [3.05, 3.63) is 63.5 Å². The number of thioether (sulfide) groups is 1. The molecule has 176 valence electrons. The zero-order valence-corrected chi connectivity index (χ0v) is 21.3. The molecule has 1 aliphatic rings. The quantitative estimate of drug-likeness (QED) is 0.427. The molecular formula is C22H23Cl3N4O3S. The van der Waals surface area contributed by atoms with E-state index in [1.807, 2.05) is 43.9 Å². The number of carbonyl (C=O) groups is 2. The Morgan fingerprint density at radius 1 is 1.27 bits per heavy atom. The van der Waals surface area contributed by atoms with E-state index in [2.05, 4.69) is 15.6 Å². The number of allylic oxidation sites excluding steroid dienone is 1. The third kappa shape index (κ3) is 5.87. The van der Waals surface area contributed by atoms with E-state index >= 15 is 0 Å². The lowest BCUT2D eigenvalue weighted by Gasteiger charge is -2.39. The number of pyridine rings is 1. The lowest BCUT2D eigenvalue weighted by atomic mass is 10.1. The third-order valence-corrected chi connectivity index (χ3v) is 6.51. The van der Waals surface area contributed by atoms with Crippen molar-refractivity contribution in [3.63, 3.8) is 0 Å². The van der Waals surface area contributed by atoms with Crippen molar-refractivity contribution in [1.29, 1.82) is 0 Å². The highest BCUT2D eigenvalue weighted by molar-refractivity contribution is 8.03. The van der Waals surface area contributed by atoms with E-state index in [1.165, 1.54) is 11.8 Å². The number of nitrogens with zero attached hydrogens (tertiary/aromatic N) is 2. The van der Waals surface area contributed by atoms with Crippen LogP contribution in [0.1, 0.15) is 27.2 Å². The molecular weight excluding hydrogens is 507 g/mol. The summed E-state index contributed by atoms with van der Waals surface area (Å²) < 4.78 is 5.83. The largest absolute Gasteiger partial charge is 0.417 e. The summed E-state index contributed by atoms with van der Waals surface area (Å²) in [5.74, 6) is -2.28. The third-order valence-electron chi connectivity index (χ3n) is 4.76. The van der Waals surface area contributed by atoms with Gasteiger partial charge in [-0.1, -0.05) is 55.7 Å². The SMILES string of the molecule is CCC1(OC(=O)NC(=O)CCl)NC(C(C)C)=C(Sc2cc(Cl)cc(Cl)c2)N1c1cccnc1. The predicted octanol–water partition coefficient (Wildman–Crippen LogP) is 5.97. The molecule has 0 saturated carbocycles. The van der Waals surface area contributed by atoms with Crippen molar-refractivity contribution in [2.75, 3.05) is 10.8 Å². The maximum atomic E-state index is 12.6. The van der Waals surface area contributed by atoms with E-state index < -0.39 is 17.8 Å². The van der Waals surface area contributed by atoms with Crippen LogP contribution < -0.4 is 15.5 Å². The number of anilines is 1. The molecule has 2 heterocycles. The summed E-state index contributed by atoms with van der Waals surface area (Å²) in [6, 6.07) is 8.93. The van der Waals surface area contributed by atoms with Gasteiger partial charge in [0, 0.05) is 33.3 Å². The van der Waals surface area contributed by atoms with Crippen molar-refractivity contribution in [3.8, 4) is 0 Å². The average Bonchev–Trinajstić information content (AvgIpc) is 3.07. The maximum absolute atomic E-state index is 12.6. The maximum Gasteiger partial charge on any atom is 0.417 e. The van der Waals surface area contributed by atoms with Crippen LogP contribution in [-0.2, 0) is 9.53 Å². The van der Waals surface area contributed by atoms with Crippen molar-refractivity contribution >= 4 is 64.3 Å². The highest BCUT2D eigenvalue weighted by Crippen LogP contribution is 2.46. The van der Waals surface area contributed by atoms with Gasteiger partial charge in [-0.05, 0) is 36.2 Å². The fourth-order valence-corrected chi connectivity index (χ4v) is 5.38. The Morgan fingerprint density at radius 3 is 2.52 bits per heavy atom. The molecule has 0 aliphatic carbocycles. The van der Waals surface area contributed by atoms with Crippen molar-refractivity contribution in [2.45, 2.75) is 37.9 Å². The van der Waals surface area contributed by atoms with E-state index in [9.17, 15) is 9.59 Å². The molecule has 33 heavy (non-hydrogen) atoms. The molecule has 7 nitrogen and oxygen atoms in total. The van der Waals surface area contributed by atoms with Gasteiger partial charge in [-0.3, -0.25) is 20.0 Å². The molecule has 0 radical (unpaired) electrons. The predicted molar refractivity (Wildman–Crippen MR) is 132 cm³/mol. The molecule has 0 bridgehead atoms. The molecule has 1 atom stereocenters. The Morgan fingerprint density at radius 2 is 1.97 bits per heavy atom. The van der Waals surface area contributed by atoms with E-state index in [0.29, 0.717) is 22.2 Å². The highest BCUT2D eigenvalue weighted by atomic mass is 35.5.